The lowest BCUT2D eigenvalue weighted by Gasteiger charge is -2.35. The van der Waals surface area contributed by atoms with Crippen molar-refractivity contribution in [3.63, 3.8) is 0 Å². The van der Waals surface area contributed by atoms with E-state index in [1.165, 1.54) is 31.4 Å². The first kappa shape index (κ1) is 14.2. The van der Waals surface area contributed by atoms with Crippen molar-refractivity contribution in [3.8, 4) is 0 Å². The van der Waals surface area contributed by atoms with E-state index in [-0.39, 0.29) is 0 Å². The van der Waals surface area contributed by atoms with Crippen LogP contribution in [0, 0.1) is 5.92 Å². The number of hydrogen-bond acceptors (Lipinski definition) is 3. The van der Waals surface area contributed by atoms with E-state index in [1.54, 1.807) is 0 Å². The number of anilines is 2. The maximum atomic E-state index is 4.38. The van der Waals surface area contributed by atoms with Gasteiger partial charge in [0.15, 0.2) is 0 Å². The highest BCUT2D eigenvalue weighted by Gasteiger charge is 2.22. The third-order valence-corrected chi connectivity index (χ3v) is 4.24. The smallest absolute Gasteiger partial charge is 0.127 e. The van der Waals surface area contributed by atoms with Crippen molar-refractivity contribution in [1.29, 1.82) is 0 Å². The van der Waals surface area contributed by atoms with Crippen molar-refractivity contribution in [2.24, 2.45) is 5.92 Å². The Morgan fingerprint density at radius 2 is 2.05 bits per heavy atom. The molecule has 1 heterocycles. The summed E-state index contributed by atoms with van der Waals surface area (Å²) in [4.78, 5) is 6.81. The molecular formula is C16H27N3. The van der Waals surface area contributed by atoms with Gasteiger partial charge in [-0.2, -0.15) is 0 Å². The molecule has 1 aliphatic carbocycles. The van der Waals surface area contributed by atoms with Gasteiger partial charge in [-0.1, -0.05) is 13.8 Å². The number of pyridine rings is 1. The predicted molar refractivity (Wildman–Crippen MR) is 82.8 cm³/mol. The standard InChI is InChI=1S/C16H27N3/c1-4-10-17-16-12-15(9-11-18-16)19(3)14-7-5-13(2)6-8-14/h9,11-14H,4-8,10H2,1-3H3,(H,17,18). The third-order valence-electron chi connectivity index (χ3n) is 4.24. The minimum atomic E-state index is 0.692. The highest BCUT2D eigenvalue weighted by molar-refractivity contribution is 5.54. The van der Waals surface area contributed by atoms with Crippen LogP contribution in [0.1, 0.15) is 46.0 Å². The SMILES string of the molecule is CCCNc1cc(N(C)C2CCC(C)CC2)ccn1. The summed E-state index contributed by atoms with van der Waals surface area (Å²) >= 11 is 0. The second-order valence-corrected chi connectivity index (χ2v) is 5.85. The average Bonchev–Trinajstić information content (AvgIpc) is 2.45. The summed E-state index contributed by atoms with van der Waals surface area (Å²) in [6, 6.07) is 4.99. The zero-order chi connectivity index (χ0) is 13.7. The van der Waals surface area contributed by atoms with E-state index in [9.17, 15) is 0 Å². The molecular weight excluding hydrogens is 234 g/mol. The van der Waals surface area contributed by atoms with Crippen molar-refractivity contribution in [3.05, 3.63) is 18.3 Å². The molecule has 3 nitrogen and oxygen atoms in total. The van der Waals surface area contributed by atoms with Crippen molar-refractivity contribution < 1.29 is 0 Å². The van der Waals surface area contributed by atoms with Crippen LogP contribution in [0.4, 0.5) is 11.5 Å². The summed E-state index contributed by atoms with van der Waals surface area (Å²) in [6.45, 7) is 5.53. The fourth-order valence-electron chi connectivity index (χ4n) is 2.83. The molecule has 1 fully saturated rings. The second kappa shape index (κ2) is 6.78. The zero-order valence-corrected chi connectivity index (χ0v) is 12.5. The molecule has 2 rings (SSSR count). The fourth-order valence-corrected chi connectivity index (χ4v) is 2.83. The second-order valence-electron chi connectivity index (χ2n) is 5.85. The molecule has 0 aliphatic heterocycles. The van der Waals surface area contributed by atoms with Crippen molar-refractivity contribution in [2.45, 2.75) is 52.0 Å². The largest absolute Gasteiger partial charge is 0.371 e. The molecule has 0 saturated heterocycles. The molecule has 0 radical (unpaired) electrons. The van der Waals surface area contributed by atoms with E-state index in [0.29, 0.717) is 6.04 Å². The molecule has 0 aromatic carbocycles. The number of nitrogens with zero attached hydrogens (tertiary/aromatic N) is 2. The first-order valence-electron chi connectivity index (χ1n) is 7.63. The summed E-state index contributed by atoms with van der Waals surface area (Å²) in [5, 5.41) is 3.36. The van der Waals surface area contributed by atoms with Gasteiger partial charge in [0.05, 0.1) is 0 Å². The third kappa shape index (κ3) is 3.85. The molecule has 1 aliphatic rings. The molecule has 1 N–H and O–H groups in total. The van der Waals surface area contributed by atoms with Gasteiger partial charge in [-0.15, -0.1) is 0 Å². The average molecular weight is 261 g/mol. The van der Waals surface area contributed by atoms with Crippen molar-refractivity contribution in [1.82, 2.24) is 4.98 Å². The van der Waals surface area contributed by atoms with E-state index in [2.05, 4.69) is 48.2 Å². The summed E-state index contributed by atoms with van der Waals surface area (Å²) in [5.74, 6) is 1.90. The fraction of sp³-hybridized carbons (Fsp3) is 0.688. The van der Waals surface area contributed by atoms with Crippen molar-refractivity contribution in [2.75, 3.05) is 23.8 Å². The van der Waals surface area contributed by atoms with Crippen LogP contribution in [-0.4, -0.2) is 24.6 Å². The normalized spacial score (nSPS) is 23.1. The van der Waals surface area contributed by atoms with Gasteiger partial charge < -0.3 is 10.2 Å². The molecule has 0 amide bonds. The Balaban J connectivity index is 1.99. The van der Waals surface area contributed by atoms with Gasteiger partial charge in [-0.25, -0.2) is 4.98 Å². The Bertz CT molecular complexity index is 383. The molecule has 19 heavy (non-hydrogen) atoms. The van der Waals surface area contributed by atoms with Crippen LogP contribution < -0.4 is 10.2 Å². The van der Waals surface area contributed by atoms with E-state index < -0.39 is 0 Å². The van der Waals surface area contributed by atoms with E-state index in [0.717, 1.165) is 24.7 Å². The number of rotatable bonds is 5. The Morgan fingerprint density at radius 1 is 1.32 bits per heavy atom. The Morgan fingerprint density at radius 3 is 2.74 bits per heavy atom. The topological polar surface area (TPSA) is 28.2 Å². The Hall–Kier alpha value is -1.25. The maximum absolute atomic E-state index is 4.38. The molecule has 106 valence electrons. The number of aromatic nitrogens is 1. The quantitative estimate of drug-likeness (QED) is 0.870. The number of hydrogen-bond donors (Lipinski definition) is 1. The van der Waals surface area contributed by atoms with Crippen LogP contribution in [0.15, 0.2) is 18.3 Å². The Kier molecular flexibility index (Phi) is 5.06. The van der Waals surface area contributed by atoms with E-state index in [1.807, 2.05) is 6.20 Å². The first-order valence-corrected chi connectivity index (χ1v) is 7.63. The van der Waals surface area contributed by atoms with Crippen LogP contribution in [0.2, 0.25) is 0 Å². The van der Waals surface area contributed by atoms with Crippen LogP contribution in [-0.2, 0) is 0 Å². The van der Waals surface area contributed by atoms with Gasteiger partial charge in [0, 0.05) is 37.6 Å². The lowest BCUT2D eigenvalue weighted by molar-refractivity contribution is 0.341. The molecule has 0 atom stereocenters. The molecule has 0 bridgehead atoms. The minimum absolute atomic E-state index is 0.692. The highest BCUT2D eigenvalue weighted by atomic mass is 15.1. The van der Waals surface area contributed by atoms with Gasteiger partial charge in [-0.3, -0.25) is 0 Å². The number of nitrogens with one attached hydrogen (secondary N) is 1. The zero-order valence-electron chi connectivity index (χ0n) is 12.5. The lowest BCUT2D eigenvalue weighted by atomic mass is 9.86. The molecule has 1 saturated carbocycles. The molecule has 1 aromatic heterocycles. The summed E-state index contributed by atoms with van der Waals surface area (Å²) in [5.41, 5.74) is 1.29. The molecule has 1 aromatic rings. The van der Waals surface area contributed by atoms with Crippen LogP contribution in [0.5, 0.6) is 0 Å². The van der Waals surface area contributed by atoms with Crippen LogP contribution >= 0.6 is 0 Å². The van der Waals surface area contributed by atoms with Gasteiger partial charge in [0.1, 0.15) is 5.82 Å². The summed E-state index contributed by atoms with van der Waals surface area (Å²) < 4.78 is 0. The van der Waals surface area contributed by atoms with Gasteiger partial charge >= 0.3 is 0 Å². The summed E-state index contributed by atoms with van der Waals surface area (Å²) in [6.07, 6.45) is 8.40. The lowest BCUT2D eigenvalue weighted by Crippen LogP contribution is -2.34. The first-order chi connectivity index (χ1) is 9.20. The van der Waals surface area contributed by atoms with E-state index >= 15 is 0 Å². The van der Waals surface area contributed by atoms with E-state index in [4.69, 9.17) is 0 Å². The predicted octanol–water partition coefficient (Wildman–Crippen LogP) is 3.92. The maximum Gasteiger partial charge on any atom is 0.127 e. The monoisotopic (exact) mass is 261 g/mol. The Labute approximate surface area is 117 Å². The van der Waals surface area contributed by atoms with Crippen molar-refractivity contribution >= 4 is 11.5 Å². The van der Waals surface area contributed by atoms with Gasteiger partial charge in [-0.05, 0) is 44.1 Å². The van der Waals surface area contributed by atoms with Gasteiger partial charge in [0.25, 0.3) is 0 Å². The molecule has 0 unspecified atom stereocenters. The highest BCUT2D eigenvalue weighted by Crippen LogP contribution is 2.29. The molecule has 3 heteroatoms. The molecule has 0 spiro atoms. The van der Waals surface area contributed by atoms with Gasteiger partial charge in [0.2, 0.25) is 0 Å². The minimum Gasteiger partial charge on any atom is -0.371 e. The summed E-state index contributed by atoms with van der Waals surface area (Å²) in [7, 11) is 2.22. The van der Waals surface area contributed by atoms with Crippen LogP contribution in [0.25, 0.3) is 0 Å². The van der Waals surface area contributed by atoms with Crippen LogP contribution in [0.3, 0.4) is 0 Å².